The van der Waals surface area contributed by atoms with Crippen LogP contribution in [0.25, 0.3) is 0 Å². The highest BCUT2D eigenvalue weighted by Gasteiger charge is 2.73. The third-order valence-corrected chi connectivity index (χ3v) is 2.71. The Kier molecular flexibility index (Phi) is 3.51. The molecular weight excluding hydrogens is 279 g/mol. The van der Waals surface area contributed by atoms with E-state index in [4.69, 9.17) is 5.73 Å². The predicted molar refractivity (Wildman–Crippen MR) is 55.2 cm³/mol. The fourth-order valence-corrected chi connectivity index (χ4v) is 1.52. The molecule has 0 fully saturated rings. The monoisotopic (exact) mass is 289 g/mol. The van der Waals surface area contributed by atoms with Crippen LogP contribution in [-0.4, -0.2) is 12.1 Å². The minimum absolute atomic E-state index is 0.00708. The van der Waals surface area contributed by atoms with Gasteiger partial charge in [0.25, 0.3) is 0 Å². The van der Waals surface area contributed by atoms with E-state index in [1.165, 1.54) is 13.8 Å². The summed E-state index contributed by atoms with van der Waals surface area (Å²) in [6.07, 6.45) is -6.35. The van der Waals surface area contributed by atoms with Gasteiger partial charge in [-0.1, -0.05) is 0 Å². The van der Waals surface area contributed by atoms with Crippen molar-refractivity contribution >= 4 is 5.69 Å². The quantitative estimate of drug-likeness (QED) is 0.641. The van der Waals surface area contributed by atoms with E-state index in [0.717, 1.165) is 0 Å². The first-order chi connectivity index (χ1) is 8.32. The van der Waals surface area contributed by atoms with E-state index in [-0.39, 0.29) is 16.8 Å². The Labute approximate surface area is 104 Å². The number of benzene rings is 1. The van der Waals surface area contributed by atoms with Crippen LogP contribution in [0.2, 0.25) is 0 Å². The van der Waals surface area contributed by atoms with Crippen LogP contribution in [0.15, 0.2) is 12.1 Å². The first kappa shape index (κ1) is 15.6. The molecule has 0 amide bonds. The average molecular weight is 289 g/mol. The lowest BCUT2D eigenvalue weighted by Crippen LogP contribution is -2.50. The Morgan fingerprint density at radius 3 is 1.53 bits per heavy atom. The fraction of sp³-hybridized carbons (Fsp3) is 0.455. The number of aryl methyl sites for hydroxylation is 2. The van der Waals surface area contributed by atoms with Gasteiger partial charge in [-0.05, 0) is 37.1 Å². The van der Waals surface area contributed by atoms with Crippen molar-refractivity contribution in [1.29, 1.82) is 0 Å². The number of alkyl halides is 7. The summed E-state index contributed by atoms with van der Waals surface area (Å²) < 4.78 is 88.6. The molecule has 1 aromatic rings. The van der Waals surface area contributed by atoms with Crippen molar-refractivity contribution in [3.05, 3.63) is 28.8 Å². The van der Waals surface area contributed by atoms with Gasteiger partial charge in [0.15, 0.2) is 0 Å². The van der Waals surface area contributed by atoms with Gasteiger partial charge in [-0.2, -0.15) is 30.7 Å². The van der Waals surface area contributed by atoms with Gasteiger partial charge in [0.05, 0.1) is 0 Å². The van der Waals surface area contributed by atoms with Crippen molar-refractivity contribution in [3.8, 4) is 0 Å². The van der Waals surface area contributed by atoms with Crippen molar-refractivity contribution in [3.63, 3.8) is 0 Å². The molecule has 0 saturated carbocycles. The molecule has 0 unspecified atom stereocenters. The van der Waals surface area contributed by atoms with Gasteiger partial charge < -0.3 is 5.73 Å². The van der Waals surface area contributed by atoms with Gasteiger partial charge >= 0.3 is 18.0 Å². The molecule has 0 radical (unpaired) electrons. The van der Waals surface area contributed by atoms with Crippen LogP contribution in [0.3, 0.4) is 0 Å². The second-order valence-corrected chi connectivity index (χ2v) is 4.17. The molecule has 0 heterocycles. The normalized spacial score (nSPS) is 13.7. The number of rotatable bonds is 2. The fourth-order valence-electron chi connectivity index (χ4n) is 1.52. The zero-order valence-electron chi connectivity index (χ0n) is 9.88. The summed E-state index contributed by atoms with van der Waals surface area (Å²) in [7, 11) is 0. The summed E-state index contributed by atoms with van der Waals surface area (Å²) in [6, 6.07) is 1.06. The molecule has 0 saturated heterocycles. The lowest BCUT2D eigenvalue weighted by Gasteiger charge is -2.29. The van der Waals surface area contributed by atoms with Crippen molar-refractivity contribution in [2.45, 2.75) is 31.9 Å². The Bertz CT molecular complexity index is 467. The van der Waals surface area contributed by atoms with Crippen molar-refractivity contribution in [2.75, 3.05) is 5.73 Å². The zero-order chi connectivity index (χ0) is 15.2. The van der Waals surface area contributed by atoms with Gasteiger partial charge in [0.2, 0.25) is 0 Å². The Hall–Kier alpha value is -1.47. The minimum Gasteiger partial charge on any atom is -0.398 e. The molecule has 0 aliphatic carbocycles. The summed E-state index contributed by atoms with van der Waals surface area (Å²) >= 11 is 0. The highest BCUT2D eigenvalue weighted by atomic mass is 19.4. The number of hydrogen-bond donors (Lipinski definition) is 1. The van der Waals surface area contributed by atoms with Crippen LogP contribution < -0.4 is 5.73 Å². The summed E-state index contributed by atoms with van der Waals surface area (Å²) in [5.41, 5.74) is 4.10. The van der Waals surface area contributed by atoms with Crippen LogP contribution in [0.5, 0.6) is 0 Å². The summed E-state index contributed by atoms with van der Waals surface area (Å²) in [5.74, 6) is -11.5. The maximum atomic E-state index is 13.4. The topological polar surface area (TPSA) is 26.0 Å². The molecule has 19 heavy (non-hydrogen) atoms. The van der Waals surface area contributed by atoms with E-state index in [2.05, 4.69) is 0 Å². The van der Waals surface area contributed by atoms with E-state index < -0.39 is 23.6 Å². The smallest absolute Gasteiger partial charge is 0.398 e. The van der Waals surface area contributed by atoms with Gasteiger partial charge in [0, 0.05) is 11.3 Å². The van der Waals surface area contributed by atoms with Crippen LogP contribution in [0.1, 0.15) is 16.7 Å². The second-order valence-electron chi connectivity index (χ2n) is 4.17. The minimum atomic E-state index is -6.35. The van der Waals surface area contributed by atoms with E-state index in [9.17, 15) is 30.7 Å². The SMILES string of the molecule is Cc1cc(C(F)(F)C(F)(F)C(F)(F)F)cc(C)c1N. The molecular formula is C11H10F7N. The molecule has 1 aromatic carbocycles. The lowest BCUT2D eigenvalue weighted by molar-refractivity contribution is -0.359. The maximum Gasteiger partial charge on any atom is 0.460 e. The molecule has 0 atom stereocenters. The second kappa shape index (κ2) is 4.28. The molecule has 0 bridgehead atoms. The van der Waals surface area contributed by atoms with Crippen molar-refractivity contribution in [2.24, 2.45) is 0 Å². The first-order valence-corrected chi connectivity index (χ1v) is 5.02. The highest BCUT2D eigenvalue weighted by molar-refractivity contribution is 5.55. The summed E-state index contributed by atoms with van der Waals surface area (Å²) in [5, 5.41) is 0. The highest BCUT2D eigenvalue weighted by Crippen LogP contribution is 2.52. The number of halogens is 7. The number of hydrogen-bond acceptors (Lipinski definition) is 1. The van der Waals surface area contributed by atoms with Gasteiger partial charge in [-0.25, -0.2) is 0 Å². The molecule has 8 heteroatoms. The van der Waals surface area contributed by atoms with Gasteiger partial charge in [0.1, 0.15) is 0 Å². The lowest BCUT2D eigenvalue weighted by atomic mass is 9.96. The Balaban J connectivity index is 3.44. The number of nitrogen functional groups attached to an aromatic ring is 1. The molecule has 108 valence electrons. The van der Waals surface area contributed by atoms with E-state index in [1.807, 2.05) is 0 Å². The van der Waals surface area contributed by atoms with E-state index in [0.29, 0.717) is 12.1 Å². The molecule has 2 N–H and O–H groups in total. The van der Waals surface area contributed by atoms with Crippen LogP contribution in [0.4, 0.5) is 36.4 Å². The molecule has 0 spiro atoms. The first-order valence-electron chi connectivity index (χ1n) is 5.02. The molecule has 1 rings (SSSR count). The van der Waals surface area contributed by atoms with Crippen molar-refractivity contribution in [1.82, 2.24) is 0 Å². The maximum absolute atomic E-state index is 13.4. The number of nitrogens with two attached hydrogens (primary N) is 1. The largest absolute Gasteiger partial charge is 0.460 e. The van der Waals surface area contributed by atoms with Crippen LogP contribution in [0, 0.1) is 13.8 Å². The molecule has 0 aromatic heterocycles. The van der Waals surface area contributed by atoms with Gasteiger partial charge in [-0.15, -0.1) is 0 Å². The molecule has 0 aliphatic heterocycles. The van der Waals surface area contributed by atoms with Gasteiger partial charge in [-0.3, -0.25) is 0 Å². The third kappa shape index (κ3) is 2.35. The van der Waals surface area contributed by atoms with E-state index in [1.54, 1.807) is 0 Å². The standard InChI is InChI=1S/C11H10F7N/c1-5-3-7(4-6(2)8(5)19)9(12,13)10(14,15)11(16,17)18/h3-4H,19H2,1-2H3. The summed E-state index contributed by atoms with van der Waals surface area (Å²) in [4.78, 5) is 0. The summed E-state index contributed by atoms with van der Waals surface area (Å²) in [6.45, 7) is 2.49. The Morgan fingerprint density at radius 1 is 0.842 bits per heavy atom. The van der Waals surface area contributed by atoms with Crippen LogP contribution >= 0.6 is 0 Å². The number of anilines is 1. The predicted octanol–water partition coefficient (Wildman–Crippen LogP) is 4.18. The molecule has 1 nitrogen and oxygen atoms in total. The van der Waals surface area contributed by atoms with E-state index >= 15 is 0 Å². The van der Waals surface area contributed by atoms with Crippen molar-refractivity contribution < 1.29 is 30.7 Å². The Morgan fingerprint density at radius 2 is 1.21 bits per heavy atom. The zero-order valence-corrected chi connectivity index (χ0v) is 9.88. The molecule has 0 aliphatic rings. The third-order valence-electron chi connectivity index (χ3n) is 2.71. The van der Waals surface area contributed by atoms with Crippen LogP contribution in [-0.2, 0) is 5.92 Å². The average Bonchev–Trinajstić information content (AvgIpc) is 2.23.